The molecule has 90 heavy (non-hydrogen) atoms. The number of hydrogen-bond acceptors (Lipinski definition) is 13. The Kier molecular flexibility index (Phi) is 26.4. The third kappa shape index (κ3) is 18.1. The van der Waals surface area contributed by atoms with Gasteiger partial charge in [0, 0.05) is 0 Å². The van der Waals surface area contributed by atoms with E-state index in [4.69, 9.17) is 41.5 Å². The molecular formula is C57H40BiClF16O15. The third-order valence-electron chi connectivity index (χ3n) is 11.4. The van der Waals surface area contributed by atoms with E-state index in [0.717, 1.165) is 20.8 Å². The van der Waals surface area contributed by atoms with Gasteiger partial charge in [0.1, 0.15) is 47.7 Å². The van der Waals surface area contributed by atoms with Crippen LogP contribution in [0.2, 0.25) is 0 Å². The van der Waals surface area contributed by atoms with Gasteiger partial charge < -0.3 is 53.6 Å². The predicted molar refractivity (Wildman–Crippen MR) is 280 cm³/mol. The average molecular weight is 1510 g/mol. The van der Waals surface area contributed by atoms with Crippen LogP contribution in [0.3, 0.4) is 0 Å². The number of carboxylic acid groups (broad SMARTS) is 2. The zero-order valence-electron chi connectivity index (χ0n) is 45.3. The molecule has 0 amide bonds. The van der Waals surface area contributed by atoms with Crippen LogP contribution in [0, 0.1) is 93.1 Å². The summed E-state index contributed by atoms with van der Waals surface area (Å²) in [4.78, 5) is 42.4. The molecule has 0 saturated carbocycles. The first-order valence-electron chi connectivity index (χ1n) is 24.6. The quantitative estimate of drug-likeness (QED) is 0.0199. The number of rotatable bonds is 14. The minimum atomic E-state index is -2.17. The average Bonchev–Trinajstić information content (AvgIpc) is 0.921. The van der Waals surface area contributed by atoms with Crippen molar-refractivity contribution in [1.82, 2.24) is 0 Å². The van der Waals surface area contributed by atoms with Crippen molar-refractivity contribution in [3.05, 3.63) is 206 Å². The van der Waals surface area contributed by atoms with Gasteiger partial charge in [-0.3, -0.25) is 0 Å². The van der Waals surface area contributed by atoms with Crippen molar-refractivity contribution in [2.24, 2.45) is 0 Å². The van der Waals surface area contributed by atoms with Crippen molar-refractivity contribution in [2.75, 3.05) is 53.1 Å². The Bertz CT molecular complexity index is 3510. The maximum atomic E-state index is 13.5. The number of alkyl halides is 1. The van der Waals surface area contributed by atoms with Gasteiger partial charge in [0.2, 0.25) is 46.5 Å². The minimum absolute atomic E-state index is 0.246. The van der Waals surface area contributed by atoms with Gasteiger partial charge in [-0.15, -0.1) is 11.6 Å². The first-order valence-corrected chi connectivity index (χ1v) is 30.4. The van der Waals surface area contributed by atoms with Crippen LogP contribution in [0.25, 0.3) is 0 Å². The summed E-state index contributed by atoms with van der Waals surface area (Å²) in [5, 5.41) is 33.6. The normalized spacial score (nSPS) is 14.6. The first-order chi connectivity index (χ1) is 42.6. The Hall–Kier alpha value is -8.45. The van der Waals surface area contributed by atoms with Crippen LogP contribution in [0.1, 0.15) is 41.4 Å². The van der Waals surface area contributed by atoms with Crippen molar-refractivity contribution in [1.29, 1.82) is 0 Å². The standard InChI is InChI=1S/C11H8F4O4.C10H6F4O4.C8H4F4O3.C7H2F4O3.3C6H5.C3H5ClO.Bi/c1-17-11(16)5-6(12)8(14)10(9(15)7(5)13)19-3-4-2-18-4;11-5-4(10(15)16)6(12)8(14)9(7(5)13)18-2-3-1-17-3;1-15-8(14)2-3(9)5(11)7(13)6(12)4(2)10;8-2-1(7(13)14)3(9)5(11)6(12)4(2)10;3*1-2-4-6-5-3-1;4-1-3-2-5-3;/h4H,2-3H2,1H3;3H,1-2H2,(H,15,16);13H,1H3;12H,(H,13,14);3*1-5H;3H,1-2H2;. The number of phenols is 2. The van der Waals surface area contributed by atoms with E-state index >= 15 is 0 Å². The second kappa shape index (κ2) is 32.9. The summed E-state index contributed by atoms with van der Waals surface area (Å²) >= 11 is 3.21. The van der Waals surface area contributed by atoms with Crippen LogP contribution in [-0.4, -0.2) is 137 Å². The van der Waals surface area contributed by atoms with Gasteiger partial charge in [0.05, 0.1) is 46.0 Å². The first kappa shape index (κ1) is 72.3. The molecule has 33 heteroatoms. The third-order valence-corrected chi connectivity index (χ3v) is 21.2. The van der Waals surface area contributed by atoms with E-state index in [1.165, 1.54) is 9.81 Å². The summed E-state index contributed by atoms with van der Waals surface area (Å²) in [6.07, 6.45) is -0.337. The van der Waals surface area contributed by atoms with Crippen molar-refractivity contribution < 1.29 is 143 Å². The molecule has 3 saturated heterocycles. The number of epoxide rings is 3. The molecule has 0 aliphatic carbocycles. The van der Waals surface area contributed by atoms with Gasteiger partial charge in [0.15, 0.2) is 69.5 Å². The zero-order chi connectivity index (χ0) is 67.0. The molecule has 0 spiro atoms. The molecule has 7 aromatic carbocycles. The molecule has 15 nitrogen and oxygen atoms in total. The van der Waals surface area contributed by atoms with E-state index in [1.807, 2.05) is 0 Å². The molecule has 3 atom stereocenters. The summed E-state index contributed by atoms with van der Waals surface area (Å²) in [5.41, 5.74) is -6.43. The van der Waals surface area contributed by atoms with E-state index < -0.39 is 184 Å². The number of benzene rings is 7. The van der Waals surface area contributed by atoms with E-state index in [1.54, 1.807) is 0 Å². The van der Waals surface area contributed by atoms with Gasteiger partial charge >= 0.3 is 146 Å². The van der Waals surface area contributed by atoms with Crippen LogP contribution in [0.4, 0.5) is 70.2 Å². The number of aromatic carboxylic acids is 2. The molecule has 3 heterocycles. The van der Waals surface area contributed by atoms with Crippen LogP contribution in [0.15, 0.2) is 91.0 Å². The van der Waals surface area contributed by atoms with Crippen LogP contribution < -0.4 is 19.3 Å². The van der Waals surface area contributed by atoms with Gasteiger partial charge in [0.25, 0.3) is 0 Å². The van der Waals surface area contributed by atoms with Gasteiger partial charge in [-0.2, -0.15) is 35.1 Å². The molecule has 0 aromatic heterocycles. The van der Waals surface area contributed by atoms with Gasteiger partial charge in [-0.1, -0.05) is 0 Å². The monoisotopic (exact) mass is 1510 g/mol. The van der Waals surface area contributed by atoms with E-state index in [2.05, 4.69) is 115 Å². The second-order valence-electron chi connectivity index (χ2n) is 17.5. The predicted octanol–water partition coefficient (Wildman–Crippen LogP) is 9.73. The molecule has 0 radical (unpaired) electrons. The molecule has 3 fully saturated rings. The molecule has 3 aliphatic rings. The number of halogens is 17. The second-order valence-corrected chi connectivity index (χ2v) is 26.4. The topological polar surface area (TPSA) is 224 Å². The Balaban J connectivity index is 0.000000201. The van der Waals surface area contributed by atoms with Crippen LogP contribution in [0.5, 0.6) is 23.0 Å². The zero-order valence-corrected chi connectivity index (χ0v) is 49.5. The van der Waals surface area contributed by atoms with Crippen LogP contribution >= 0.6 is 11.6 Å². The van der Waals surface area contributed by atoms with Crippen LogP contribution in [-0.2, 0) is 23.7 Å². The molecule has 3 aliphatic heterocycles. The maximum absolute atomic E-state index is 13.5. The molecule has 7 aromatic rings. The van der Waals surface area contributed by atoms with E-state index in [0.29, 0.717) is 25.2 Å². The van der Waals surface area contributed by atoms with Gasteiger partial charge in [-0.25, -0.2) is 54.3 Å². The summed E-state index contributed by atoms with van der Waals surface area (Å²) in [5.74, 6) is -44.7. The SMILES string of the molecule is COC(=O)c1c(F)c(F)c(O)c(F)c1F.COC(=O)c1c(F)c(F)c(OCC2CO2)c(F)c1F.ClCC1CO1.O=C(O)c1c(F)c(F)c(O)c(F)c1F.O=C(O)c1c(F)c(F)c(OCC2CO2)c(F)c1F.c1cc[c]([Bi]([c]2ccccc2)[c]2ccccc2)cc1. The molecule has 10 rings (SSSR count). The Morgan fingerprint density at radius 3 is 0.856 bits per heavy atom. The number of phenolic OH excluding ortho intramolecular Hbond substituents is 2. The number of carbonyl (C=O) groups excluding carboxylic acids is 2. The number of carbonyl (C=O) groups is 4. The summed E-state index contributed by atoms with van der Waals surface area (Å²) < 4.78 is 244. The fraction of sp³-hybridized carbons (Fsp3) is 0.193. The van der Waals surface area contributed by atoms with Crippen molar-refractivity contribution in [2.45, 2.75) is 18.3 Å². The Labute approximate surface area is 508 Å². The fourth-order valence-electron chi connectivity index (χ4n) is 6.67. The van der Waals surface area contributed by atoms with Gasteiger partial charge in [-0.05, 0) is 0 Å². The van der Waals surface area contributed by atoms with E-state index in [-0.39, 0.29) is 25.4 Å². The number of ether oxygens (including phenoxy) is 7. The Morgan fingerprint density at radius 1 is 0.411 bits per heavy atom. The number of carboxylic acids is 2. The summed E-state index contributed by atoms with van der Waals surface area (Å²) in [7, 11) is 1.61. The van der Waals surface area contributed by atoms with Crippen molar-refractivity contribution in [3.63, 3.8) is 0 Å². The van der Waals surface area contributed by atoms with E-state index in [9.17, 15) is 89.4 Å². The number of hydrogen-bond donors (Lipinski definition) is 4. The number of esters is 2. The molecule has 3 unspecified atom stereocenters. The molecule has 4 N–H and O–H groups in total. The fourth-order valence-corrected chi connectivity index (χ4v) is 15.8. The van der Waals surface area contributed by atoms with Crippen molar-refractivity contribution in [3.8, 4) is 23.0 Å². The molecule has 0 bridgehead atoms. The summed E-state index contributed by atoms with van der Waals surface area (Å²) in [6.45, 7) is 1.02. The Morgan fingerprint density at radius 2 is 0.644 bits per heavy atom. The molecule has 482 valence electrons. The number of aromatic hydroxyl groups is 2. The van der Waals surface area contributed by atoms with Crippen molar-refractivity contribution >= 4 is 67.0 Å². The molecular weight excluding hydrogens is 1470 g/mol. The summed E-state index contributed by atoms with van der Waals surface area (Å²) in [6, 6.07) is 33.0. The number of methoxy groups -OCH3 is 2.